The van der Waals surface area contributed by atoms with Crippen LogP contribution in [0, 0.1) is 0 Å². The molecule has 0 bridgehead atoms. The smallest absolute Gasteiger partial charge is 0.343 e. The first kappa shape index (κ1) is 24.9. The average molecular weight is 459 g/mol. The molecule has 5 heteroatoms. The lowest BCUT2D eigenvalue weighted by molar-refractivity contribution is 0.0734. The zero-order chi connectivity index (χ0) is 24.0. The van der Waals surface area contributed by atoms with Gasteiger partial charge < -0.3 is 14.2 Å². The fourth-order valence-corrected chi connectivity index (χ4v) is 3.26. The van der Waals surface area contributed by atoms with Crippen LogP contribution in [0.3, 0.4) is 0 Å². The van der Waals surface area contributed by atoms with Crippen molar-refractivity contribution in [2.75, 3.05) is 20.3 Å². The fourth-order valence-electron chi connectivity index (χ4n) is 3.26. The van der Waals surface area contributed by atoms with Crippen molar-refractivity contribution in [2.45, 2.75) is 25.7 Å². The molecule has 5 nitrogen and oxygen atoms in total. The third-order valence-corrected chi connectivity index (χ3v) is 5.18. The lowest BCUT2D eigenvalue weighted by Crippen LogP contribution is -2.08. The maximum absolute atomic E-state index is 12.4. The Bertz CT molecular complexity index is 1050. The lowest BCUT2D eigenvalue weighted by Gasteiger charge is -2.08. The molecule has 0 atom stereocenters. The van der Waals surface area contributed by atoms with Gasteiger partial charge in [-0.1, -0.05) is 55.0 Å². The highest BCUT2D eigenvalue weighted by atomic mass is 16.5. The molecule has 0 saturated carbocycles. The topological polar surface area (TPSA) is 61.8 Å². The molecule has 0 amide bonds. The highest BCUT2D eigenvalue weighted by Gasteiger charge is 2.09. The first-order valence-corrected chi connectivity index (χ1v) is 11.5. The molecule has 0 aliphatic carbocycles. The number of methoxy groups -OCH3 is 1. The molecule has 3 rings (SSSR count). The number of hydrogen-bond acceptors (Lipinski definition) is 5. The van der Waals surface area contributed by atoms with Gasteiger partial charge in [-0.2, -0.15) is 0 Å². The summed E-state index contributed by atoms with van der Waals surface area (Å²) in [5.74, 6) is 0.665. The lowest BCUT2D eigenvalue weighted by atomic mass is 10.1. The predicted octanol–water partition coefficient (Wildman–Crippen LogP) is 6.39. The second-order valence-electron chi connectivity index (χ2n) is 7.80. The van der Waals surface area contributed by atoms with Crippen LogP contribution in [-0.2, 0) is 4.74 Å². The van der Waals surface area contributed by atoms with Gasteiger partial charge >= 0.3 is 5.97 Å². The van der Waals surface area contributed by atoms with E-state index in [2.05, 4.69) is 0 Å². The van der Waals surface area contributed by atoms with Crippen molar-refractivity contribution in [1.29, 1.82) is 0 Å². The van der Waals surface area contributed by atoms with E-state index in [1.807, 2.05) is 18.2 Å². The first-order chi connectivity index (χ1) is 16.7. The Morgan fingerprint density at radius 2 is 1.35 bits per heavy atom. The number of hydrogen-bond donors (Lipinski definition) is 0. The fraction of sp³-hybridized carbons (Fsp3) is 0.241. The number of allylic oxidation sites excluding steroid dienone is 1. The number of carbonyl (C=O) groups excluding carboxylic acids is 2. The normalized spacial score (nSPS) is 10.9. The Morgan fingerprint density at radius 1 is 0.706 bits per heavy atom. The Balaban J connectivity index is 1.44. The van der Waals surface area contributed by atoms with E-state index in [0.717, 1.165) is 43.6 Å². The molecule has 0 N–H and O–H groups in total. The summed E-state index contributed by atoms with van der Waals surface area (Å²) in [7, 11) is 1.72. The molecule has 0 radical (unpaired) electrons. The van der Waals surface area contributed by atoms with E-state index in [1.54, 1.807) is 73.8 Å². The molecular formula is C29H30O5. The third-order valence-electron chi connectivity index (χ3n) is 5.18. The van der Waals surface area contributed by atoms with Gasteiger partial charge in [0.2, 0.25) is 0 Å². The zero-order valence-electron chi connectivity index (χ0n) is 19.4. The van der Waals surface area contributed by atoms with Gasteiger partial charge in [0.25, 0.3) is 0 Å². The molecule has 0 spiro atoms. The highest BCUT2D eigenvalue weighted by molar-refractivity contribution is 6.06. The van der Waals surface area contributed by atoms with Gasteiger partial charge in [-0.25, -0.2) is 4.79 Å². The van der Waals surface area contributed by atoms with E-state index in [1.165, 1.54) is 6.08 Å². The molecule has 0 unspecified atom stereocenters. The molecule has 0 fully saturated rings. The third kappa shape index (κ3) is 8.34. The predicted molar refractivity (Wildman–Crippen MR) is 133 cm³/mol. The highest BCUT2D eigenvalue weighted by Crippen LogP contribution is 2.18. The molecule has 3 aromatic rings. The second-order valence-corrected chi connectivity index (χ2v) is 7.80. The number of ketones is 1. The first-order valence-electron chi connectivity index (χ1n) is 11.5. The number of carbonyl (C=O) groups is 2. The minimum Gasteiger partial charge on any atom is -0.494 e. The largest absolute Gasteiger partial charge is 0.494 e. The van der Waals surface area contributed by atoms with Crippen LogP contribution in [0.2, 0.25) is 0 Å². The monoisotopic (exact) mass is 458 g/mol. The van der Waals surface area contributed by atoms with Crippen LogP contribution < -0.4 is 9.47 Å². The quantitative estimate of drug-likeness (QED) is 0.0977. The van der Waals surface area contributed by atoms with E-state index < -0.39 is 5.97 Å². The number of ether oxygens (including phenoxy) is 3. The maximum Gasteiger partial charge on any atom is 0.343 e. The maximum atomic E-state index is 12.4. The Hall–Kier alpha value is -3.70. The van der Waals surface area contributed by atoms with Crippen molar-refractivity contribution >= 4 is 17.8 Å². The van der Waals surface area contributed by atoms with E-state index in [9.17, 15) is 9.59 Å². The van der Waals surface area contributed by atoms with E-state index in [0.29, 0.717) is 23.5 Å². The van der Waals surface area contributed by atoms with Crippen LogP contribution in [0.15, 0.2) is 84.9 Å². The SMILES string of the molecule is COCCCCCCOc1ccc(C(=O)Oc2ccc(C=CC(=O)c3ccccc3)cc2)cc1. The molecule has 0 aliphatic heterocycles. The van der Waals surface area contributed by atoms with Crippen molar-refractivity contribution in [3.63, 3.8) is 0 Å². The van der Waals surface area contributed by atoms with Crippen LogP contribution in [-0.4, -0.2) is 32.1 Å². The minimum absolute atomic E-state index is 0.0643. The summed E-state index contributed by atoms with van der Waals surface area (Å²) in [4.78, 5) is 24.6. The molecule has 0 aromatic heterocycles. The van der Waals surface area contributed by atoms with Crippen LogP contribution in [0.4, 0.5) is 0 Å². The Morgan fingerprint density at radius 3 is 2.03 bits per heavy atom. The molecule has 3 aromatic carbocycles. The zero-order valence-corrected chi connectivity index (χ0v) is 19.4. The molecule has 0 saturated heterocycles. The summed E-state index contributed by atoms with van der Waals surface area (Å²) in [5.41, 5.74) is 1.92. The van der Waals surface area contributed by atoms with Crippen LogP contribution in [0.5, 0.6) is 11.5 Å². The van der Waals surface area contributed by atoms with Crippen LogP contribution in [0.1, 0.15) is 52.0 Å². The van der Waals surface area contributed by atoms with Gasteiger partial charge in [0.15, 0.2) is 5.78 Å². The van der Waals surface area contributed by atoms with Crippen molar-refractivity contribution in [3.8, 4) is 11.5 Å². The van der Waals surface area contributed by atoms with E-state index in [-0.39, 0.29) is 5.78 Å². The van der Waals surface area contributed by atoms with E-state index in [4.69, 9.17) is 14.2 Å². The van der Waals surface area contributed by atoms with Crippen molar-refractivity contribution < 1.29 is 23.8 Å². The van der Waals surface area contributed by atoms with E-state index >= 15 is 0 Å². The summed E-state index contributed by atoms with van der Waals surface area (Å²) >= 11 is 0. The van der Waals surface area contributed by atoms with Crippen LogP contribution in [0.25, 0.3) is 6.08 Å². The molecule has 34 heavy (non-hydrogen) atoms. The average Bonchev–Trinajstić information content (AvgIpc) is 2.88. The standard InChI is InChI=1S/C29H30O5/c1-32-21-7-2-3-8-22-33-26-18-14-25(15-19-26)29(31)34-27-16-11-23(12-17-27)13-20-28(30)24-9-5-4-6-10-24/h4-6,9-20H,2-3,7-8,21-22H2,1H3. The summed E-state index contributed by atoms with van der Waals surface area (Å²) in [6.07, 6.45) is 7.55. The van der Waals surface area contributed by atoms with Gasteiger partial charge in [0, 0.05) is 19.3 Å². The van der Waals surface area contributed by atoms with Crippen molar-refractivity contribution in [3.05, 3.63) is 102 Å². The van der Waals surface area contributed by atoms with Gasteiger partial charge in [-0.05, 0) is 67.3 Å². The van der Waals surface area contributed by atoms with Gasteiger partial charge in [-0.3, -0.25) is 4.79 Å². The molecular weight excluding hydrogens is 428 g/mol. The molecule has 0 aliphatic rings. The van der Waals surface area contributed by atoms with Gasteiger partial charge in [0.05, 0.1) is 12.2 Å². The van der Waals surface area contributed by atoms with Crippen molar-refractivity contribution in [2.24, 2.45) is 0 Å². The Labute approximate surface area is 201 Å². The summed E-state index contributed by atoms with van der Waals surface area (Å²) in [6, 6.07) is 23.0. The minimum atomic E-state index is -0.438. The number of rotatable bonds is 13. The number of benzene rings is 3. The van der Waals surface area contributed by atoms with Gasteiger partial charge in [0.1, 0.15) is 11.5 Å². The number of unbranched alkanes of at least 4 members (excludes halogenated alkanes) is 3. The molecule has 0 heterocycles. The summed E-state index contributed by atoms with van der Waals surface area (Å²) in [6.45, 7) is 1.45. The van der Waals surface area contributed by atoms with Gasteiger partial charge in [-0.15, -0.1) is 0 Å². The second kappa shape index (κ2) is 13.8. The van der Waals surface area contributed by atoms with Crippen LogP contribution >= 0.6 is 0 Å². The summed E-state index contributed by atoms with van der Waals surface area (Å²) in [5, 5.41) is 0. The Kier molecular flexibility index (Phi) is 10.1. The number of esters is 1. The summed E-state index contributed by atoms with van der Waals surface area (Å²) < 4.78 is 16.2. The van der Waals surface area contributed by atoms with Crippen molar-refractivity contribution in [1.82, 2.24) is 0 Å². The molecule has 176 valence electrons.